The minimum absolute atomic E-state index is 0.560. The Bertz CT molecular complexity index is 385. The Hall–Kier alpha value is -0.900. The summed E-state index contributed by atoms with van der Waals surface area (Å²) in [5, 5.41) is 1.03. The largest absolute Gasteiger partial charge is 0.348 e. The lowest BCUT2D eigenvalue weighted by Crippen LogP contribution is -2.23. The average Bonchev–Trinajstić information content (AvgIpc) is 3.11. The van der Waals surface area contributed by atoms with Gasteiger partial charge in [0.2, 0.25) is 0 Å². The van der Waals surface area contributed by atoms with Gasteiger partial charge in [-0.2, -0.15) is 0 Å². The zero-order valence-corrected chi connectivity index (χ0v) is 11.4. The molecule has 1 fully saturated rings. The van der Waals surface area contributed by atoms with Crippen LogP contribution in [0.5, 0.6) is 0 Å². The van der Waals surface area contributed by atoms with E-state index in [9.17, 15) is 4.79 Å². The Balaban J connectivity index is 2.15. The normalized spacial score (nSPS) is 14.9. The van der Waals surface area contributed by atoms with Crippen LogP contribution in [0, 0.1) is 0 Å². The summed E-state index contributed by atoms with van der Waals surface area (Å²) in [4.78, 5) is 18.9. The molecule has 0 unspecified atom stereocenters. The van der Waals surface area contributed by atoms with Crippen molar-refractivity contribution < 1.29 is 4.79 Å². The van der Waals surface area contributed by atoms with Crippen LogP contribution in [0.25, 0.3) is 0 Å². The number of hydrogen-bond donors (Lipinski definition) is 0. The highest BCUT2D eigenvalue weighted by molar-refractivity contribution is 7.17. The van der Waals surface area contributed by atoms with E-state index in [2.05, 4.69) is 23.7 Å². The molecule has 1 aliphatic rings. The molecule has 0 N–H and O–H groups in total. The summed E-state index contributed by atoms with van der Waals surface area (Å²) < 4.78 is 0. The van der Waals surface area contributed by atoms with E-state index in [0.717, 1.165) is 35.1 Å². The molecule has 0 atom stereocenters. The summed E-state index contributed by atoms with van der Waals surface area (Å²) in [5.41, 5.74) is 1.05. The first-order chi connectivity index (χ1) is 8.30. The first-order valence-corrected chi connectivity index (χ1v) is 7.32. The molecule has 2 rings (SSSR count). The molecule has 0 spiro atoms. The maximum atomic E-state index is 11.0. The van der Waals surface area contributed by atoms with Gasteiger partial charge in [-0.15, -0.1) is 0 Å². The summed E-state index contributed by atoms with van der Waals surface area (Å²) in [7, 11) is 0. The van der Waals surface area contributed by atoms with Crippen LogP contribution in [-0.2, 0) is 0 Å². The van der Waals surface area contributed by atoms with Gasteiger partial charge in [-0.3, -0.25) is 4.79 Å². The fourth-order valence-corrected chi connectivity index (χ4v) is 2.99. The van der Waals surface area contributed by atoms with Crippen LogP contribution in [0.3, 0.4) is 0 Å². The minimum Gasteiger partial charge on any atom is -0.348 e. The first-order valence-electron chi connectivity index (χ1n) is 6.51. The van der Waals surface area contributed by atoms with E-state index in [1.54, 1.807) is 11.3 Å². The number of carbonyl (C=O) groups is 1. The number of anilines is 1. The molecule has 4 heteroatoms. The van der Waals surface area contributed by atoms with Crippen LogP contribution >= 0.6 is 11.3 Å². The molecule has 0 saturated heterocycles. The molecule has 0 radical (unpaired) electrons. The third-order valence-corrected chi connectivity index (χ3v) is 4.23. The SMILES string of the molecule is CCCCN(CC)c1nc(C2CC2)c(C=O)s1. The van der Waals surface area contributed by atoms with Crippen molar-refractivity contribution in [3.05, 3.63) is 10.6 Å². The fourth-order valence-electron chi connectivity index (χ4n) is 1.94. The number of aromatic nitrogens is 1. The van der Waals surface area contributed by atoms with Gasteiger partial charge in [0.15, 0.2) is 11.4 Å². The summed E-state index contributed by atoms with van der Waals surface area (Å²) >= 11 is 1.56. The lowest BCUT2D eigenvalue weighted by molar-refractivity contribution is 0.112. The van der Waals surface area contributed by atoms with Gasteiger partial charge in [0.1, 0.15) is 0 Å². The standard InChI is InChI=1S/C13H20N2OS/c1-3-5-8-15(4-2)13-14-12(10-6-7-10)11(9-16)17-13/h9-10H,3-8H2,1-2H3. The van der Waals surface area contributed by atoms with Crippen LogP contribution in [0.2, 0.25) is 0 Å². The smallest absolute Gasteiger partial charge is 0.186 e. The lowest BCUT2D eigenvalue weighted by atomic mass is 10.3. The van der Waals surface area contributed by atoms with Gasteiger partial charge in [0, 0.05) is 19.0 Å². The van der Waals surface area contributed by atoms with E-state index in [4.69, 9.17) is 0 Å². The van der Waals surface area contributed by atoms with E-state index in [1.165, 1.54) is 25.7 Å². The zero-order chi connectivity index (χ0) is 12.3. The Morgan fingerprint density at radius 3 is 2.76 bits per heavy atom. The van der Waals surface area contributed by atoms with Crippen LogP contribution in [-0.4, -0.2) is 24.4 Å². The maximum Gasteiger partial charge on any atom is 0.186 e. The van der Waals surface area contributed by atoms with E-state index in [0.29, 0.717) is 5.92 Å². The molecule has 1 aliphatic carbocycles. The molecule has 0 aliphatic heterocycles. The zero-order valence-electron chi connectivity index (χ0n) is 10.6. The number of unbranched alkanes of at least 4 members (excludes halogenated alkanes) is 1. The number of nitrogens with zero attached hydrogens (tertiary/aromatic N) is 2. The Morgan fingerprint density at radius 1 is 1.47 bits per heavy atom. The summed E-state index contributed by atoms with van der Waals surface area (Å²) in [5.74, 6) is 0.560. The second-order valence-corrected chi connectivity index (χ2v) is 5.58. The van der Waals surface area contributed by atoms with Crippen molar-refractivity contribution in [1.29, 1.82) is 0 Å². The number of carbonyl (C=O) groups excluding carboxylic acids is 1. The number of hydrogen-bond acceptors (Lipinski definition) is 4. The lowest BCUT2D eigenvalue weighted by Gasteiger charge is -2.18. The summed E-state index contributed by atoms with van der Waals surface area (Å²) in [6, 6.07) is 0. The highest BCUT2D eigenvalue weighted by Crippen LogP contribution is 2.43. The van der Waals surface area contributed by atoms with Crippen molar-refractivity contribution in [2.75, 3.05) is 18.0 Å². The van der Waals surface area contributed by atoms with Crippen molar-refractivity contribution in [3.63, 3.8) is 0 Å². The van der Waals surface area contributed by atoms with Gasteiger partial charge in [-0.1, -0.05) is 24.7 Å². The third-order valence-electron chi connectivity index (χ3n) is 3.17. The Morgan fingerprint density at radius 2 is 2.24 bits per heavy atom. The van der Waals surface area contributed by atoms with E-state index in [1.807, 2.05) is 0 Å². The maximum absolute atomic E-state index is 11.0. The van der Waals surface area contributed by atoms with Gasteiger partial charge in [-0.05, 0) is 26.2 Å². The molecule has 1 saturated carbocycles. The molecular weight excluding hydrogens is 232 g/mol. The average molecular weight is 252 g/mol. The monoisotopic (exact) mass is 252 g/mol. The second kappa shape index (κ2) is 5.63. The van der Waals surface area contributed by atoms with Crippen molar-refractivity contribution in [1.82, 2.24) is 4.98 Å². The molecule has 0 bridgehead atoms. The highest BCUT2D eigenvalue weighted by Gasteiger charge is 2.30. The summed E-state index contributed by atoms with van der Waals surface area (Å²) in [6.45, 7) is 6.36. The number of thiazole rings is 1. The summed E-state index contributed by atoms with van der Waals surface area (Å²) in [6.07, 6.45) is 5.75. The molecule has 94 valence electrons. The number of aldehydes is 1. The first kappa shape index (κ1) is 12.6. The van der Waals surface area contributed by atoms with Crippen molar-refractivity contribution in [3.8, 4) is 0 Å². The Kier molecular flexibility index (Phi) is 4.15. The van der Waals surface area contributed by atoms with Crippen LogP contribution in [0.15, 0.2) is 0 Å². The van der Waals surface area contributed by atoms with Crippen molar-refractivity contribution >= 4 is 22.8 Å². The molecule has 1 heterocycles. The van der Waals surface area contributed by atoms with Gasteiger partial charge >= 0.3 is 0 Å². The fraction of sp³-hybridized carbons (Fsp3) is 0.692. The quantitative estimate of drug-likeness (QED) is 0.697. The number of rotatable bonds is 7. The molecule has 17 heavy (non-hydrogen) atoms. The van der Waals surface area contributed by atoms with E-state index >= 15 is 0 Å². The van der Waals surface area contributed by atoms with Gasteiger partial charge in [0.05, 0.1) is 10.6 Å². The third kappa shape index (κ3) is 2.86. The molecule has 0 aromatic carbocycles. The highest BCUT2D eigenvalue weighted by atomic mass is 32.1. The van der Waals surface area contributed by atoms with Crippen molar-refractivity contribution in [2.45, 2.75) is 45.4 Å². The van der Waals surface area contributed by atoms with Gasteiger partial charge in [-0.25, -0.2) is 4.98 Å². The topological polar surface area (TPSA) is 33.2 Å². The van der Waals surface area contributed by atoms with E-state index < -0.39 is 0 Å². The predicted octanol–water partition coefficient (Wildman–Crippen LogP) is 3.46. The van der Waals surface area contributed by atoms with Crippen molar-refractivity contribution in [2.24, 2.45) is 0 Å². The molecular formula is C13H20N2OS. The molecule has 0 amide bonds. The molecule has 1 aromatic heterocycles. The van der Waals surface area contributed by atoms with Crippen LogP contribution < -0.4 is 4.90 Å². The minimum atomic E-state index is 0.560. The Labute approximate surface area is 107 Å². The molecule has 1 aromatic rings. The van der Waals surface area contributed by atoms with E-state index in [-0.39, 0.29) is 0 Å². The van der Waals surface area contributed by atoms with Gasteiger partial charge in [0.25, 0.3) is 0 Å². The van der Waals surface area contributed by atoms with Gasteiger partial charge < -0.3 is 4.90 Å². The molecule has 3 nitrogen and oxygen atoms in total. The second-order valence-electron chi connectivity index (χ2n) is 4.57. The van der Waals surface area contributed by atoms with Crippen LogP contribution in [0.1, 0.15) is 60.8 Å². The predicted molar refractivity (Wildman–Crippen MR) is 72.3 cm³/mol. The van der Waals surface area contributed by atoms with Crippen LogP contribution in [0.4, 0.5) is 5.13 Å².